The summed E-state index contributed by atoms with van der Waals surface area (Å²) >= 11 is 0. The minimum Gasteiger partial charge on any atom is -0.487 e. The predicted molar refractivity (Wildman–Crippen MR) is 91.4 cm³/mol. The van der Waals surface area contributed by atoms with Crippen molar-refractivity contribution in [3.63, 3.8) is 0 Å². The highest BCUT2D eigenvalue weighted by molar-refractivity contribution is 6.06. The third kappa shape index (κ3) is 2.40. The largest absolute Gasteiger partial charge is 0.487 e. The number of allylic oxidation sites excluding steroid dienone is 2. The van der Waals surface area contributed by atoms with Crippen molar-refractivity contribution in [1.29, 1.82) is 0 Å². The van der Waals surface area contributed by atoms with Crippen LogP contribution in [0.4, 0.5) is 5.69 Å². The summed E-state index contributed by atoms with van der Waals surface area (Å²) in [4.78, 5) is 35.7. The number of carbonyl (C=O) groups is 2. The maximum Gasteiger partial charge on any atom is 0.311 e. The first-order chi connectivity index (χ1) is 12.5. The average molecular weight is 355 g/mol. The Hall–Kier alpha value is -3.03. The zero-order valence-corrected chi connectivity index (χ0v) is 14.1. The highest BCUT2D eigenvalue weighted by Gasteiger charge is 2.59. The van der Waals surface area contributed by atoms with Crippen LogP contribution < -0.4 is 4.74 Å². The van der Waals surface area contributed by atoms with E-state index in [1.807, 2.05) is 12.2 Å². The molecule has 1 heterocycles. The van der Waals surface area contributed by atoms with Crippen LogP contribution in [0.15, 0.2) is 35.5 Å². The molecule has 134 valence electrons. The standard InChI is InChI=1S/C18H17N3O5/c1-2-26-14-6-3-10(7-13(14)21(24)25)9-19-20-17(22)15-11-4-5-12(8-11)16(15)18(20)23/h3-7,9,11-12,15-16H,2,8H2,1H3. The molecule has 0 radical (unpaired) electrons. The molecule has 4 atom stereocenters. The first kappa shape index (κ1) is 16.4. The Labute approximate surface area is 149 Å². The van der Waals surface area contributed by atoms with Gasteiger partial charge in [-0.25, -0.2) is 0 Å². The number of rotatable bonds is 5. The molecule has 2 fully saturated rings. The van der Waals surface area contributed by atoms with E-state index in [2.05, 4.69) is 5.10 Å². The SMILES string of the molecule is CCOc1ccc(C=NN2C(=O)C3C4C=CC(C4)C3C2=O)cc1[N+](=O)[O-]. The second kappa shape index (κ2) is 6.05. The number of amides is 2. The summed E-state index contributed by atoms with van der Waals surface area (Å²) in [5.74, 6) is -0.794. The molecule has 4 rings (SSSR count). The number of nitrogens with zero attached hydrogens (tertiary/aromatic N) is 3. The van der Waals surface area contributed by atoms with Crippen molar-refractivity contribution in [3.8, 4) is 5.75 Å². The molecule has 1 saturated heterocycles. The molecule has 0 aromatic heterocycles. The van der Waals surface area contributed by atoms with Crippen molar-refractivity contribution >= 4 is 23.7 Å². The van der Waals surface area contributed by atoms with Crippen molar-refractivity contribution in [3.05, 3.63) is 46.0 Å². The van der Waals surface area contributed by atoms with Gasteiger partial charge in [0.05, 0.1) is 29.6 Å². The highest BCUT2D eigenvalue weighted by atomic mass is 16.6. The van der Waals surface area contributed by atoms with Gasteiger partial charge < -0.3 is 4.74 Å². The maximum absolute atomic E-state index is 12.6. The number of fused-ring (bicyclic) bond motifs is 5. The topological polar surface area (TPSA) is 102 Å². The monoisotopic (exact) mass is 355 g/mol. The van der Waals surface area contributed by atoms with E-state index in [0.717, 1.165) is 11.4 Å². The molecule has 4 unspecified atom stereocenters. The Balaban J connectivity index is 1.57. The first-order valence-electron chi connectivity index (χ1n) is 8.52. The van der Waals surface area contributed by atoms with Gasteiger partial charge in [-0.05, 0) is 37.3 Å². The first-order valence-corrected chi connectivity index (χ1v) is 8.52. The number of nitro benzene ring substituents is 1. The summed E-state index contributed by atoms with van der Waals surface area (Å²) in [6.45, 7) is 2.05. The third-order valence-electron chi connectivity index (χ3n) is 5.25. The van der Waals surface area contributed by atoms with Crippen LogP contribution >= 0.6 is 0 Å². The maximum atomic E-state index is 12.6. The van der Waals surface area contributed by atoms with Gasteiger partial charge in [0.15, 0.2) is 5.75 Å². The molecule has 2 bridgehead atoms. The molecule has 3 aliphatic rings. The van der Waals surface area contributed by atoms with Gasteiger partial charge in [0.1, 0.15) is 0 Å². The summed E-state index contributed by atoms with van der Waals surface area (Å²) in [7, 11) is 0. The van der Waals surface area contributed by atoms with Crippen LogP contribution in [0.3, 0.4) is 0 Å². The fraction of sp³-hybridized carbons (Fsp3) is 0.389. The van der Waals surface area contributed by atoms with Gasteiger partial charge in [-0.15, -0.1) is 0 Å². The molecule has 1 aromatic carbocycles. The van der Waals surface area contributed by atoms with Gasteiger partial charge in [-0.1, -0.05) is 12.2 Å². The Kier molecular flexibility index (Phi) is 3.82. The number of benzene rings is 1. The molecule has 8 heteroatoms. The Bertz CT molecular complexity index is 832. The molecule has 0 N–H and O–H groups in total. The minimum absolute atomic E-state index is 0.119. The zero-order chi connectivity index (χ0) is 18.4. The van der Waals surface area contributed by atoms with Crippen LogP contribution in [0.5, 0.6) is 5.75 Å². The fourth-order valence-corrected chi connectivity index (χ4v) is 4.16. The minimum atomic E-state index is -0.539. The smallest absolute Gasteiger partial charge is 0.311 e. The van der Waals surface area contributed by atoms with Gasteiger partial charge >= 0.3 is 5.69 Å². The number of carbonyl (C=O) groups excluding carboxylic acids is 2. The summed E-state index contributed by atoms with van der Waals surface area (Å²) < 4.78 is 5.23. The van der Waals surface area contributed by atoms with Crippen LogP contribution in [-0.2, 0) is 9.59 Å². The molecule has 26 heavy (non-hydrogen) atoms. The lowest BCUT2D eigenvalue weighted by Crippen LogP contribution is -2.28. The van der Waals surface area contributed by atoms with Crippen LogP contribution in [0.1, 0.15) is 18.9 Å². The van der Waals surface area contributed by atoms with E-state index in [9.17, 15) is 19.7 Å². The van der Waals surface area contributed by atoms with Gasteiger partial charge in [0, 0.05) is 11.6 Å². The molecule has 0 spiro atoms. The van der Waals surface area contributed by atoms with E-state index in [1.54, 1.807) is 13.0 Å². The Morgan fingerprint density at radius 2 is 1.92 bits per heavy atom. The van der Waals surface area contributed by atoms with Crippen molar-refractivity contribution in [1.82, 2.24) is 5.01 Å². The molecule has 2 aliphatic carbocycles. The number of ether oxygens (including phenoxy) is 1. The van der Waals surface area contributed by atoms with E-state index in [0.29, 0.717) is 12.2 Å². The normalized spacial score (nSPS) is 29.0. The van der Waals surface area contributed by atoms with Crippen LogP contribution in [0.2, 0.25) is 0 Å². The van der Waals surface area contributed by atoms with E-state index < -0.39 is 4.92 Å². The average Bonchev–Trinajstić information content (AvgIpc) is 3.29. The Morgan fingerprint density at radius 1 is 1.27 bits per heavy atom. The molecule has 1 aromatic rings. The number of hydrazone groups is 1. The molecule has 1 saturated carbocycles. The molecule has 1 aliphatic heterocycles. The van der Waals surface area contributed by atoms with Gasteiger partial charge in [0.25, 0.3) is 11.8 Å². The summed E-state index contributed by atoms with van der Waals surface area (Å²) in [5, 5.41) is 16.1. The lowest BCUT2D eigenvalue weighted by Gasteiger charge is -2.13. The number of nitro groups is 1. The number of imide groups is 1. The van der Waals surface area contributed by atoms with Crippen LogP contribution in [0, 0.1) is 33.8 Å². The van der Waals surface area contributed by atoms with E-state index in [4.69, 9.17) is 4.74 Å². The zero-order valence-electron chi connectivity index (χ0n) is 14.1. The van der Waals surface area contributed by atoms with Crippen molar-refractivity contribution in [2.45, 2.75) is 13.3 Å². The second-order valence-electron chi connectivity index (χ2n) is 6.65. The lowest BCUT2D eigenvalue weighted by atomic mass is 9.85. The van der Waals surface area contributed by atoms with Gasteiger partial charge in [-0.3, -0.25) is 19.7 Å². The predicted octanol–water partition coefficient (Wildman–Crippen LogP) is 2.13. The number of hydrogen-bond donors (Lipinski definition) is 0. The fourth-order valence-electron chi connectivity index (χ4n) is 4.16. The van der Waals surface area contributed by atoms with Crippen LogP contribution in [-0.4, -0.2) is 34.6 Å². The lowest BCUT2D eigenvalue weighted by molar-refractivity contribution is -0.385. The quantitative estimate of drug-likeness (QED) is 0.265. The van der Waals surface area contributed by atoms with Crippen molar-refractivity contribution in [2.24, 2.45) is 28.8 Å². The molecular formula is C18H17N3O5. The van der Waals surface area contributed by atoms with Gasteiger partial charge in [0.2, 0.25) is 0 Å². The Morgan fingerprint density at radius 3 is 2.50 bits per heavy atom. The second-order valence-corrected chi connectivity index (χ2v) is 6.65. The third-order valence-corrected chi connectivity index (χ3v) is 5.25. The van der Waals surface area contributed by atoms with Crippen molar-refractivity contribution < 1.29 is 19.2 Å². The number of hydrogen-bond acceptors (Lipinski definition) is 6. The summed E-state index contributed by atoms with van der Waals surface area (Å²) in [5.41, 5.74) is 0.230. The highest BCUT2D eigenvalue weighted by Crippen LogP contribution is 2.52. The molecule has 8 nitrogen and oxygen atoms in total. The van der Waals surface area contributed by atoms with Crippen molar-refractivity contribution in [2.75, 3.05) is 6.61 Å². The summed E-state index contributed by atoms with van der Waals surface area (Å²) in [6.07, 6.45) is 6.18. The van der Waals surface area contributed by atoms with E-state index >= 15 is 0 Å². The summed E-state index contributed by atoms with van der Waals surface area (Å²) in [6, 6.07) is 4.39. The van der Waals surface area contributed by atoms with E-state index in [-0.39, 0.29) is 46.9 Å². The van der Waals surface area contributed by atoms with Gasteiger partial charge in [-0.2, -0.15) is 10.1 Å². The van der Waals surface area contributed by atoms with Crippen LogP contribution in [0.25, 0.3) is 0 Å². The molecule has 2 amide bonds. The van der Waals surface area contributed by atoms with E-state index in [1.165, 1.54) is 18.3 Å². The molecular weight excluding hydrogens is 338 g/mol.